The highest BCUT2D eigenvalue weighted by atomic mass is 32.2. The quantitative estimate of drug-likeness (QED) is 0.456. The number of hydrogen-bond acceptors (Lipinski definition) is 5. The summed E-state index contributed by atoms with van der Waals surface area (Å²) in [5, 5.41) is 29.9. The summed E-state index contributed by atoms with van der Waals surface area (Å²) in [5.41, 5.74) is 0.0943. The molecule has 1 aromatic rings. The highest BCUT2D eigenvalue weighted by Crippen LogP contribution is 2.35. The van der Waals surface area contributed by atoms with Crippen LogP contribution >= 0.6 is 11.8 Å². The number of carbonyl (C=O) groups excluding carboxylic acids is 1. The summed E-state index contributed by atoms with van der Waals surface area (Å²) in [6, 6.07) is 2.18. The zero-order valence-electron chi connectivity index (χ0n) is 8.02. The summed E-state index contributed by atoms with van der Waals surface area (Å²) in [6.07, 6.45) is 1.83. The van der Waals surface area contributed by atoms with Gasteiger partial charge in [-0.05, 0) is 18.4 Å². The third kappa shape index (κ3) is 2.69. The van der Waals surface area contributed by atoms with Crippen molar-refractivity contribution in [3.8, 4) is 17.2 Å². The first-order valence-corrected chi connectivity index (χ1v) is 5.47. The number of nitrogens with one attached hydrogen (secondary N) is 1. The summed E-state index contributed by atoms with van der Waals surface area (Å²) in [4.78, 5) is 11.4. The highest BCUT2D eigenvalue weighted by molar-refractivity contribution is 7.98. The van der Waals surface area contributed by atoms with Crippen molar-refractivity contribution in [3.63, 3.8) is 0 Å². The minimum Gasteiger partial charge on any atom is -0.504 e. The molecule has 4 N–H and O–H groups in total. The van der Waals surface area contributed by atoms with E-state index in [4.69, 9.17) is 15.3 Å². The molecule has 5 nitrogen and oxygen atoms in total. The van der Waals surface area contributed by atoms with E-state index in [1.807, 2.05) is 6.26 Å². The maximum absolute atomic E-state index is 11.4. The molecule has 0 bridgehead atoms. The number of phenolic OH excluding ortho intramolecular Hbond substituents is 3. The molecule has 1 rings (SSSR count). The van der Waals surface area contributed by atoms with Gasteiger partial charge in [0, 0.05) is 5.56 Å². The first-order valence-electron chi connectivity index (χ1n) is 4.08. The molecule has 1 aromatic carbocycles. The SMILES string of the molecule is CSCNC(=O)c1cc(O)c(O)c(O)c1. The molecule has 15 heavy (non-hydrogen) atoms. The van der Waals surface area contributed by atoms with E-state index in [1.54, 1.807) is 0 Å². The molecule has 0 atom stereocenters. The number of benzene rings is 1. The Kier molecular flexibility index (Phi) is 3.68. The molecule has 0 spiro atoms. The van der Waals surface area contributed by atoms with Crippen LogP contribution < -0.4 is 5.32 Å². The van der Waals surface area contributed by atoms with Gasteiger partial charge in [-0.1, -0.05) is 0 Å². The lowest BCUT2D eigenvalue weighted by Crippen LogP contribution is -2.22. The van der Waals surface area contributed by atoms with Crippen LogP contribution in [0.5, 0.6) is 17.2 Å². The van der Waals surface area contributed by atoms with Crippen LogP contribution in [0.25, 0.3) is 0 Å². The van der Waals surface area contributed by atoms with Gasteiger partial charge < -0.3 is 20.6 Å². The van der Waals surface area contributed by atoms with Crippen LogP contribution in [0.1, 0.15) is 10.4 Å². The van der Waals surface area contributed by atoms with Gasteiger partial charge in [-0.15, -0.1) is 11.8 Å². The fourth-order valence-corrected chi connectivity index (χ4v) is 1.25. The lowest BCUT2D eigenvalue weighted by molar-refractivity contribution is 0.0960. The Balaban J connectivity index is 2.91. The second kappa shape index (κ2) is 4.79. The van der Waals surface area contributed by atoms with Crippen molar-refractivity contribution in [3.05, 3.63) is 17.7 Å². The van der Waals surface area contributed by atoms with Gasteiger partial charge in [-0.3, -0.25) is 4.79 Å². The molecule has 0 saturated heterocycles. The van der Waals surface area contributed by atoms with Gasteiger partial charge in [0.25, 0.3) is 5.91 Å². The number of amides is 1. The van der Waals surface area contributed by atoms with E-state index in [1.165, 1.54) is 11.8 Å². The van der Waals surface area contributed by atoms with Crippen molar-refractivity contribution in [1.29, 1.82) is 0 Å². The molecule has 6 heteroatoms. The Morgan fingerprint density at radius 3 is 2.33 bits per heavy atom. The second-order valence-electron chi connectivity index (χ2n) is 2.80. The third-order valence-corrected chi connectivity index (χ3v) is 2.14. The Labute approximate surface area is 90.7 Å². The fourth-order valence-electron chi connectivity index (χ4n) is 0.975. The Morgan fingerprint density at radius 1 is 1.33 bits per heavy atom. The summed E-state index contributed by atoms with van der Waals surface area (Å²) >= 11 is 1.43. The van der Waals surface area contributed by atoms with Gasteiger partial charge >= 0.3 is 0 Å². The maximum Gasteiger partial charge on any atom is 0.252 e. The van der Waals surface area contributed by atoms with Crippen molar-refractivity contribution < 1.29 is 20.1 Å². The maximum atomic E-state index is 11.4. The lowest BCUT2D eigenvalue weighted by atomic mass is 10.1. The molecule has 0 aliphatic carbocycles. The molecule has 0 fully saturated rings. The third-order valence-electron chi connectivity index (χ3n) is 1.71. The Bertz CT molecular complexity index is 357. The van der Waals surface area contributed by atoms with E-state index in [2.05, 4.69) is 5.32 Å². The van der Waals surface area contributed by atoms with Crippen molar-refractivity contribution >= 4 is 17.7 Å². The smallest absolute Gasteiger partial charge is 0.252 e. The number of hydrogen-bond donors (Lipinski definition) is 4. The minimum absolute atomic E-state index is 0.0943. The molecule has 0 aliphatic heterocycles. The summed E-state index contributed by atoms with van der Waals surface area (Å²) < 4.78 is 0. The van der Waals surface area contributed by atoms with Crippen LogP contribution in [0.15, 0.2) is 12.1 Å². The lowest BCUT2D eigenvalue weighted by Gasteiger charge is -2.06. The van der Waals surface area contributed by atoms with E-state index < -0.39 is 23.2 Å². The molecular weight excluding hydrogens is 218 g/mol. The molecule has 0 aromatic heterocycles. The molecule has 0 heterocycles. The predicted octanol–water partition coefficient (Wildman–Crippen LogP) is 0.854. The van der Waals surface area contributed by atoms with Crippen molar-refractivity contribution in [2.45, 2.75) is 0 Å². The van der Waals surface area contributed by atoms with E-state index in [0.29, 0.717) is 5.88 Å². The van der Waals surface area contributed by atoms with Gasteiger partial charge in [-0.2, -0.15) is 0 Å². The average Bonchev–Trinajstić information content (AvgIpc) is 2.21. The minimum atomic E-state index is -0.628. The van der Waals surface area contributed by atoms with Crippen LogP contribution in [0, 0.1) is 0 Å². The topological polar surface area (TPSA) is 89.8 Å². The summed E-state index contributed by atoms with van der Waals surface area (Å²) in [7, 11) is 0. The molecule has 0 radical (unpaired) electrons. The number of aromatic hydroxyl groups is 3. The van der Waals surface area contributed by atoms with Gasteiger partial charge in [0.2, 0.25) is 0 Å². The van der Waals surface area contributed by atoms with Crippen molar-refractivity contribution in [2.24, 2.45) is 0 Å². The molecule has 0 unspecified atom stereocenters. The normalized spacial score (nSPS) is 9.93. The monoisotopic (exact) mass is 229 g/mol. The van der Waals surface area contributed by atoms with E-state index in [0.717, 1.165) is 12.1 Å². The first kappa shape index (κ1) is 11.5. The van der Waals surface area contributed by atoms with Crippen molar-refractivity contribution in [2.75, 3.05) is 12.1 Å². The van der Waals surface area contributed by atoms with Crippen LogP contribution in [0.2, 0.25) is 0 Å². The van der Waals surface area contributed by atoms with Gasteiger partial charge in [0.15, 0.2) is 17.2 Å². The summed E-state index contributed by atoms with van der Waals surface area (Å²) in [5.74, 6) is -1.67. The van der Waals surface area contributed by atoms with Gasteiger partial charge in [0.1, 0.15) is 0 Å². The number of phenols is 3. The second-order valence-corrected chi connectivity index (χ2v) is 3.67. The standard InChI is InChI=1S/C9H11NO4S/c1-15-4-10-9(14)5-2-6(11)8(13)7(12)3-5/h2-3,11-13H,4H2,1H3,(H,10,14). The van der Waals surface area contributed by atoms with Crippen LogP contribution in [-0.4, -0.2) is 33.4 Å². The largest absolute Gasteiger partial charge is 0.504 e. The molecule has 0 saturated carbocycles. The Hall–Kier alpha value is -1.56. The number of carbonyl (C=O) groups is 1. The van der Waals surface area contributed by atoms with Crippen LogP contribution in [0.3, 0.4) is 0 Å². The predicted molar refractivity (Wildman–Crippen MR) is 57.3 cm³/mol. The van der Waals surface area contributed by atoms with Crippen LogP contribution in [-0.2, 0) is 0 Å². The molecule has 82 valence electrons. The highest BCUT2D eigenvalue weighted by Gasteiger charge is 2.12. The average molecular weight is 229 g/mol. The van der Waals surface area contributed by atoms with E-state index in [9.17, 15) is 4.79 Å². The molecular formula is C9H11NO4S. The summed E-state index contributed by atoms with van der Waals surface area (Å²) in [6.45, 7) is 0. The first-order chi connectivity index (χ1) is 7.06. The number of thioether (sulfide) groups is 1. The zero-order chi connectivity index (χ0) is 11.4. The number of rotatable bonds is 3. The van der Waals surface area contributed by atoms with Gasteiger partial charge in [-0.25, -0.2) is 0 Å². The van der Waals surface area contributed by atoms with E-state index >= 15 is 0 Å². The zero-order valence-corrected chi connectivity index (χ0v) is 8.84. The van der Waals surface area contributed by atoms with Crippen molar-refractivity contribution in [1.82, 2.24) is 5.32 Å². The molecule has 0 aliphatic rings. The fraction of sp³-hybridized carbons (Fsp3) is 0.222. The molecule has 1 amide bonds. The van der Waals surface area contributed by atoms with Gasteiger partial charge in [0.05, 0.1) is 5.88 Å². The Morgan fingerprint density at radius 2 is 1.87 bits per heavy atom. The van der Waals surface area contributed by atoms with Crippen LogP contribution in [0.4, 0.5) is 0 Å². The van der Waals surface area contributed by atoms with E-state index in [-0.39, 0.29) is 5.56 Å².